The van der Waals surface area contributed by atoms with Crippen molar-refractivity contribution in [3.8, 4) is 11.3 Å². The number of nitrogens with two attached hydrogens (primary N) is 1. The van der Waals surface area contributed by atoms with Crippen molar-refractivity contribution in [2.75, 3.05) is 18.9 Å². The lowest BCUT2D eigenvalue weighted by Crippen LogP contribution is -2.29. The second kappa shape index (κ2) is 4.43. The minimum atomic E-state index is 0.338. The molecule has 88 valence electrons. The van der Waals surface area contributed by atoms with Crippen molar-refractivity contribution in [1.29, 1.82) is 0 Å². The Hall–Kier alpha value is -1.46. The van der Waals surface area contributed by atoms with Crippen molar-refractivity contribution in [2.45, 2.75) is 10.1 Å². The Balaban J connectivity index is 1.75. The number of ether oxygens (including phenoxy) is 1. The molecule has 5 heteroatoms. The van der Waals surface area contributed by atoms with Gasteiger partial charge in [-0.3, -0.25) is 0 Å². The first-order valence-corrected chi connectivity index (χ1v) is 6.26. The van der Waals surface area contributed by atoms with E-state index in [1.807, 2.05) is 23.9 Å². The molecule has 0 atom stereocenters. The summed E-state index contributed by atoms with van der Waals surface area (Å²) >= 11 is 1.85. The van der Waals surface area contributed by atoms with E-state index in [1.54, 1.807) is 6.07 Å². The summed E-state index contributed by atoms with van der Waals surface area (Å²) in [6.45, 7) is 1.71. The molecule has 0 bridgehead atoms. The summed E-state index contributed by atoms with van der Waals surface area (Å²) in [5, 5.41) is 4.48. The lowest BCUT2D eigenvalue weighted by molar-refractivity contribution is 0.0455. The summed E-state index contributed by atoms with van der Waals surface area (Å²) in [5.41, 5.74) is 7.27. The van der Waals surface area contributed by atoms with E-state index in [2.05, 4.69) is 17.3 Å². The monoisotopic (exact) mass is 248 g/mol. The van der Waals surface area contributed by atoms with Gasteiger partial charge >= 0.3 is 0 Å². The van der Waals surface area contributed by atoms with Gasteiger partial charge in [0.2, 0.25) is 5.88 Å². The van der Waals surface area contributed by atoms with Crippen molar-refractivity contribution in [3.05, 3.63) is 30.3 Å². The van der Waals surface area contributed by atoms with E-state index in [9.17, 15) is 0 Å². The zero-order valence-corrected chi connectivity index (χ0v) is 9.94. The van der Waals surface area contributed by atoms with E-state index in [0.29, 0.717) is 11.1 Å². The highest BCUT2D eigenvalue weighted by molar-refractivity contribution is 8.00. The van der Waals surface area contributed by atoms with Crippen LogP contribution in [0.1, 0.15) is 0 Å². The third-order valence-electron chi connectivity index (χ3n) is 2.59. The third kappa shape index (κ3) is 2.30. The van der Waals surface area contributed by atoms with Crippen LogP contribution >= 0.6 is 11.8 Å². The minimum Gasteiger partial charge on any atom is -0.379 e. The quantitative estimate of drug-likeness (QED) is 0.903. The summed E-state index contributed by atoms with van der Waals surface area (Å²) in [7, 11) is 0. The van der Waals surface area contributed by atoms with Gasteiger partial charge in [-0.05, 0) is 12.1 Å². The van der Waals surface area contributed by atoms with Gasteiger partial charge in [-0.25, -0.2) is 0 Å². The molecule has 2 aromatic rings. The first kappa shape index (κ1) is 10.7. The van der Waals surface area contributed by atoms with Gasteiger partial charge in [-0.15, -0.1) is 11.8 Å². The second-order valence-electron chi connectivity index (χ2n) is 3.92. The van der Waals surface area contributed by atoms with Crippen LogP contribution in [-0.2, 0) is 4.74 Å². The lowest BCUT2D eigenvalue weighted by Gasteiger charge is -2.25. The predicted octanol–water partition coefficient (Wildman–Crippen LogP) is 2.41. The summed E-state index contributed by atoms with van der Waals surface area (Å²) in [4.78, 5) is 1.25. The molecule has 0 radical (unpaired) electrons. The molecule has 1 fully saturated rings. The highest BCUT2D eigenvalue weighted by Gasteiger charge is 2.19. The third-order valence-corrected chi connectivity index (χ3v) is 3.74. The SMILES string of the molecule is Nc1cc(-c2ccc(SC3COC3)cc2)no1. The van der Waals surface area contributed by atoms with Gasteiger partial charge in [0.15, 0.2) is 0 Å². The Labute approximate surface area is 103 Å². The molecule has 2 heterocycles. The van der Waals surface area contributed by atoms with Crippen LogP contribution < -0.4 is 5.73 Å². The molecule has 1 aromatic heterocycles. The van der Waals surface area contributed by atoms with Crippen molar-refractivity contribution < 1.29 is 9.26 Å². The van der Waals surface area contributed by atoms with Crippen LogP contribution in [0.4, 0.5) is 5.88 Å². The van der Waals surface area contributed by atoms with Gasteiger partial charge in [0, 0.05) is 16.5 Å². The molecule has 0 spiro atoms. The maximum Gasteiger partial charge on any atom is 0.222 e. The normalized spacial score (nSPS) is 15.8. The molecule has 1 saturated heterocycles. The summed E-state index contributed by atoms with van der Waals surface area (Å²) < 4.78 is 9.99. The van der Waals surface area contributed by atoms with Crippen molar-refractivity contribution in [1.82, 2.24) is 5.16 Å². The van der Waals surface area contributed by atoms with Crippen molar-refractivity contribution >= 4 is 17.6 Å². The van der Waals surface area contributed by atoms with Crippen LogP contribution in [0.3, 0.4) is 0 Å². The van der Waals surface area contributed by atoms with Gasteiger partial charge in [0.25, 0.3) is 0 Å². The summed E-state index contributed by atoms with van der Waals surface area (Å²) in [5.74, 6) is 0.338. The molecule has 17 heavy (non-hydrogen) atoms. The van der Waals surface area contributed by atoms with Crippen molar-refractivity contribution in [3.63, 3.8) is 0 Å². The Morgan fingerprint density at radius 3 is 2.53 bits per heavy atom. The molecule has 3 rings (SSSR count). The molecular weight excluding hydrogens is 236 g/mol. The average molecular weight is 248 g/mol. The fraction of sp³-hybridized carbons (Fsp3) is 0.250. The van der Waals surface area contributed by atoms with E-state index >= 15 is 0 Å². The highest BCUT2D eigenvalue weighted by Crippen LogP contribution is 2.29. The topological polar surface area (TPSA) is 61.3 Å². The molecule has 1 aliphatic heterocycles. The van der Waals surface area contributed by atoms with E-state index in [0.717, 1.165) is 24.5 Å². The van der Waals surface area contributed by atoms with Crippen LogP contribution in [0.5, 0.6) is 0 Å². The van der Waals surface area contributed by atoms with E-state index < -0.39 is 0 Å². The number of hydrogen-bond acceptors (Lipinski definition) is 5. The second-order valence-corrected chi connectivity index (χ2v) is 5.29. The Bertz CT molecular complexity index is 505. The predicted molar refractivity (Wildman–Crippen MR) is 66.8 cm³/mol. The molecule has 0 amide bonds. The fourth-order valence-corrected chi connectivity index (χ4v) is 2.61. The number of nitrogens with zero attached hydrogens (tertiary/aromatic N) is 1. The number of benzene rings is 1. The number of nitrogen functional groups attached to an aromatic ring is 1. The van der Waals surface area contributed by atoms with Gasteiger partial charge in [0.1, 0.15) is 5.69 Å². The largest absolute Gasteiger partial charge is 0.379 e. The zero-order valence-electron chi connectivity index (χ0n) is 9.13. The van der Waals surface area contributed by atoms with Crippen molar-refractivity contribution in [2.24, 2.45) is 0 Å². The Kier molecular flexibility index (Phi) is 2.78. The Morgan fingerprint density at radius 2 is 2.00 bits per heavy atom. The van der Waals surface area contributed by atoms with E-state index in [-0.39, 0.29) is 0 Å². The Morgan fingerprint density at radius 1 is 1.24 bits per heavy atom. The standard InChI is InChI=1S/C12H12N2O2S/c13-12-5-11(14-16-12)8-1-3-9(4-2-8)17-10-6-15-7-10/h1-5,10H,6-7,13H2. The highest BCUT2D eigenvalue weighted by atomic mass is 32.2. The molecule has 0 unspecified atom stereocenters. The first-order chi connectivity index (χ1) is 8.31. The lowest BCUT2D eigenvalue weighted by atomic mass is 10.1. The molecule has 0 saturated carbocycles. The van der Waals surface area contributed by atoms with Crippen LogP contribution in [0, 0.1) is 0 Å². The minimum absolute atomic E-state index is 0.338. The van der Waals surface area contributed by atoms with Crippen LogP contribution in [0.25, 0.3) is 11.3 Å². The fourth-order valence-electron chi connectivity index (χ4n) is 1.60. The molecule has 1 aliphatic rings. The summed E-state index contributed by atoms with van der Waals surface area (Å²) in [6.07, 6.45) is 0. The number of hydrogen-bond donors (Lipinski definition) is 1. The molecule has 1 aromatic carbocycles. The molecule has 2 N–H and O–H groups in total. The molecule has 0 aliphatic carbocycles. The number of thioether (sulfide) groups is 1. The maximum absolute atomic E-state index is 5.49. The van der Waals surface area contributed by atoms with E-state index in [4.69, 9.17) is 15.0 Å². The first-order valence-electron chi connectivity index (χ1n) is 5.38. The maximum atomic E-state index is 5.49. The van der Waals surface area contributed by atoms with Gasteiger partial charge in [-0.1, -0.05) is 17.3 Å². The molecule has 4 nitrogen and oxygen atoms in total. The zero-order chi connectivity index (χ0) is 11.7. The van der Waals surface area contributed by atoms with Crippen LogP contribution in [-0.4, -0.2) is 23.6 Å². The smallest absolute Gasteiger partial charge is 0.222 e. The summed E-state index contributed by atoms with van der Waals surface area (Å²) in [6, 6.07) is 9.95. The number of aromatic nitrogens is 1. The average Bonchev–Trinajstić information content (AvgIpc) is 2.71. The molecular formula is C12H12N2O2S. The van der Waals surface area contributed by atoms with Crippen LogP contribution in [0.2, 0.25) is 0 Å². The number of anilines is 1. The van der Waals surface area contributed by atoms with Gasteiger partial charge in [0.05, 0.1) is 18.5 Å². The van der Waals surface area contributed by atoms with Gasteiger partial charge < -0.3 is 15.0 Å². The van der Waals surface area contributed by atoms with Crippen LogP contribution in [0.15, 0.2) is 39.8 Å². The van der Waals surface area contributed by atoms with Gasteiger partial charge in [-0.2, -0.15) is 0 Å². The van der Waals surface area contributed by atoms with E-state index in [1.165, 1.54) is 4.90 Å². The number of rotatable bonds is 3.